The van der Waals surface area contributed by atoms with Crippen LogP contribution in [-0.2, 0) is 11.2 Å². The van der Waals surface area contributed by atoms with Crippen molar-refractivity contribution in [3.8, 4) is 5.69 Å². The smallest absolute Gasteiger partial charge is 0.230 e. The van der Waals surface area contributed by atoms with Gasteiger partial charge in [-0.25, -0.2) is 4.39 Å². The first-order valence-corrected chi connectivity index (χ1v) is 13.5. The topological polar surface area (TPSA) is 63.1 Å². The fourth-order valence-corrected chi connectivity index (χ4v) is 5.99. The highest BCUT2D eigenvalue weighted by Crippen LogP contribution is 2.31. The number of thioether (sulfide) groups is 1. The molecule has 8 heteroatoms. The minimum atomic E-state index is -0.284. The zero-order valence-corrected chi connectivity index (χ0v) is 20.9. The second-order valence-corrected chi connectivity index (χ2v) is 10.4. The molecule has 0 spiro atoms. The average molecular weight is 494 g/mol. The van der Waals surface area contributed by atoms with Crippen molar-refractivity contribution in [2.75, 3.05) is 18.8 Å². The number of halogens is 1. The number of hydrogen-bond acceptors (Lipinski definition) is 5. The first kappa shape index (κ1) is 24.0. The minimum absolute atomic E-state index is 0.0176. The summed E-state index contributed by atoms with van der Waals surface area (Å²) in [6, 6.07) is 14.9. The maximum atomic E-state index is 13.7. The molecule has 0 saturated carbocycles. The standard InChI is InChI=1S/C27H32FN5OS/c1-19(32-16-5-2-6-17-32)26-30-31-27(33(26)22-14-12-21(28)13-15-22)35-18-25(34)29-24-11-7-9-20-8-3-4-10-23(20)24/h3-4,8,10,12-15,19,24H,2,5-7,9,11,16-18H2,1H3,(H,29,34)/t19-,24-/m0/s1. The van der Waals surface area contributed by atoms with Gasteiger partial charge in [0.15, 0.2) is 11.0 Å². The summed E-state index contributed by atoms with van der Waals surface area (Å²) in [7, 11) is 0. The summed E-state index contributed by atoms with van der Waals surface area (Å²) in [4.78, 5) is 15.4. The largest absolute Gasteiger partial charge is 0.349 e. The third kappa shape index (κ3) is 5.43. The van der Waals surface area contributed by atoms with E-state index >= 15 is 0 Å². The molecule has 1 fully saturated rings. The summed E-state index contributed by atoms with van der Waals surface area (Å²) in [6.45, 7) is 4.22. The van der Waals surface area contributed by atoms with Crippen molar-refractivity contribution in [1.29, 1.82) is 0 Å². The summed E-state index contributed by atoms with van der Waals surface area (Å²) >= 11 is 1.37. The van der Waals surface area contributed by atoms with Crippen molar-refractivity contribution >= 4 is 17.7 Å². The Morgan fingerprint density at radius 2 is 1.86 bits per heavy atom. The van der Waals surface area contributed by atoms with Crippen molar-refractivity contribution in [2.45, 2.75) is 62.7 Å². The summed E-state index contributed by atoms with van der Waals surface area (Å²) < 4.78 is 15.6. The molecule has 184 valence electrons. The van der Waals surface area contributed by atoms with Crippen molar-refractivity contribution in [3.05, 3.63) is 71.3 Å². The van der Waals surface area contributed by atoms with Crippen LogP contribution in [0.5, 0.6) is 0 Å². The first-order valence-electron chi connectivity index (χ1n) is 12.6. The van der Waals surface area contributed by atoms with Crippen LogP contribution >= 0.6 is 11.8 Å². The minimum Gasteiger partial charge on any atom is -0.349 e. The number of aryl methyl sites for hydroxylation is 1. The van der Waals surface area contributed by atoms with E-state index in [1.807, 2.05) is 10.6 Å². The van der Waals surface area contributed by atoms with Crippen molar-refractivity contribution < 1.29 is 9.18 Å². The molecule has 1 aliphatic carbocycles. The summed E-state index contributed by atoms with van der Waals surface area (Å²) in [5.74, 6) is 0.767. The molecule has 0 bridgehead atoms. The number of carbonyl (C=O) groups excluding carboxylic acids is 1. The molecule has 2 atom stereocenters. The Kier molecular flexibility index (Phi) is 7.48. The van der Waals surface area contributed by atoms with Gasteiger partial charge in [-0.1, -0.05) is 42.4 Å². The number of fused-ring (bicyclic) bond motifs is 1. The Morgan fingerprint density at radius 1 is 1.09 bits per heavy atom. The number of nitrogens with one attached hydrogen (secondary N) is 1. The predicted octanol–water partition coefficient (Wildman–Crippen LogP) is 5.24. The highest BCUT2D eigenvalue weighted by atomic mass is 32.2. The summed E-state index contributed by atoms with van der Waals surface area (Å²) in [6.07, 6.45) is 6.72. The van der Waals surface area contributed by atoms with Gasteiger partial charge >= 0.3 is 0 Å². The highest BCUT2D eigenvalue weighted by Gasteiger charge is 2.26. The lowest BCUT2D eigenvalue weighted by molar-refractivity contribution is -0.119. The lowest BCUT2D eigenvalue weighted by Crippen LogP contribution is -2.33. The van der Waals surface area contributed by atoms with E-state index in [1.165, 1.54) is 54.3 Å². The molecule has 1 N–H and O–H groups in total. The number of benzene rings is 2. The molecule has 1 aromatic heterocycles. The Morgan fingerprint density at radius 3 is 2.66 bits per heavy atom. The van der Waals surface area contributed by atoms with Gasteiger partial charge in [0.05, 0.1) is 17.8 Å². The van der Waals surface area contributed by atoms with Gasteiger partial charge < -0.3 is 5.32 Å². The number of amides is 1. The van der Waals surface area contributed by atoms with Crippen LogP contribution in [0.3, 0.4) is 0 Å². The quantitative estimate of drug-likeness (QED) is 0.456. The van der Waals surface area contributed by atoms with E-state index in [1.54, 1.807) is 12.1 Å². The number of likely N-dealkylation sites (tertiary alicyclic amines) is 1. The monoisotopic (exact) mass is 493 g/mol. The van der Waals surface area contributed by atoms with Gasteiger partial charge in [0.1, 0.15) is 5.82 Å². The summed E-state index contributed by atoms with van der Waals surface area (Å²) in [5, 5.41) is 12.9. The van der Waals surface area contributed by atoms with Crippen LogP contribution in [0.1, 0.15) is 68.1 Å². The fraction of sp³-hybridized carbons (Fsp3) is 0.444. The van der Waals surface area contributed by atoms with Gasteiger partial charge in [0.25, 0.3) is 0 Å². The van der Waals surface area contributed by atoms with Gasteiger partial charge in [0, 0.05) is 5.69 Å². The molecule has 3 aromatic rings. The van der Waals surface area contributed by atoms with Crippen molar-refractivity contribution in [3.63, 3.8) is 0 Å². The molecule has 0 radical (unpaired) electrons. The molecule has 6 nitrogen and oxygen atoms in total. The number of hydrogen-bond donors (Lipinski definition) is 1. The van der Waals surface area contributed by atoms with Crippen LogP contribution in [0.4, 0.5) is 4.39 Å². The normalized spacial score (nSPS) is 19.2. The molecule has 0 unspecified atom stereocenters. The van der Waals surface area contributed by atoms with E-state index in [0.717, 1.165) is 43.9 Å². The molecule has 2 heterocycles. The maximum absolute atomic E-state index is 13.7. The average Bonchev–Trinajstić information content (AvgIpc) is 3.32. The van der Waals surface area contributed by atoms with Gasteiger partial charge in [-0.2, -0.15) is 0 Å². The Bertz CT molecular complexity index is 1160. The lowest BCUT2D eigenvalue weighted by Gasteiger charge is -2.31. The Balaban J connectivity index is 1.33. The molecular weight excluding hydrogens is 461 g/mol. The molecule has 2 aromatic carbocycles. The third-order valence-corrected chi connectivity index (χ3v) is 8.02. The fourth-order valence-electron chi connectivity index (χ4n) is 5.22. The van der Waals surface area contributed by atoms with E-state index in [4.69, 9.17) is 0 Å². The van der Waals surface area contributed by atoms with Gasteiger partial charge in [-0.05, 0) is 87.5 Å². The summed E-state index contributed by atoms with van der Waals surface area (Å²) in [5.41, 5.74) is 3.35. The second-order valence-electron chi connectivity index (χ2n) is 9.43. The predicted molar refractivity (Wildman–Crippen MR) is 136 cm³/mol. The second kappa shape index (κ2) is 10.9. The maximum Gasteiger partial charge on any atom is 0.230 e. The number of piperidine rings is 1. The molecule has 1 saturated heterocycles. The van der Waals surface area contributed by atoms with Crippen molar-refractivity contribution in [1.82, 2.24) is 25.0 Å². The van der Waals surface area contributed by atoms with E-state index < -0.39 is 0 Å². The molecule has 1 aliphatic heterocycles. The number of aromatic nitrogens is 3. The van der Waals surface area contributed by atoms with E-state index in [0.29, 0.717) is 5.16 Å². The van der Waals surface area contributed by atoms with Crippen LogP contribution in [0.25, 0.3) is 5.69 Å². The van der Waals surface area contributed by atoms with E-state index in [2.05, 4.69) is 45.5 Å². The van der Waals surface area contributed by atoms with Crippen LogP contribution in [0.2, 0.25) is 0 Å². The van der Waals surface area contributed by atoms with Crippen LogP contribution < -0.4 is 5.32 Å². The number of nitrogens with zero attached hydrogens (tertiary/aromatic N) is 4. The molecule has 1 amide bonds. The lowest BCUT2D eigenvalue weighted by atomic mass is 9.88. The third-order valence-electron chi connectivity index (χ3n) is 7.09. The number of carbonyl (C=O) groups is 1. The van der Waals surface area contributed by atoms with Crippen molar-refractivity contribution in [2.24, 2.45) is 0 Å². The SMILES string of the molecule is C[C@@H](c1nnc(SCC(=O)N[C@H]2CCCc3ccccc32)n1-c1ccc(F)cc1)N1CCCCC1. The molecule has 2 aliphatic rings. The molecule has 5 rings (SSSR count). The van der Waals surface area contributed by atoms with E-state index in [9.17, 15) is 9.18 Å². The van der Waals surface area contributed by atoms with Crippen LogP contribution in [-0.4, -0.2) is 44.4 Å². The molecular formula is C27H32FN5OS. The van der Waals surface area contributed by atoms with E-state index in [-0.39, 0.29) is 29.6 Å². The first-order chi connectivity index (χ1) is 17.1. The zero-order chi connectivity index (χ0) is 24.2. The zero-order valence-electron chi connectivity index (χ0n) is 20.1. The molecule has 35 heavy (non-hydrogen) atoms. The van der Waals surface area contributed by atoms with Gasteiger partial charge in [-0.3, -0.25) is 14.3 Å². The van der Waals surface area contributed by atoms with Crippen LogP contribution in [0, 0.1) is 5.82 Å². The Labute approximate surface area is 210 Å². The van der Waals surface area contributed by atoms with Gasteiger partial charge in [-0.15, -0.1) is 10.2 Å². The van der Waals surface area contributed by atoms with Gasteiger partial charge in [0.2, 0.25) is 5.91 Å². The highest BCUT2D eigenvalue weighted by molar-refractivity contribution is 7.99. The Hall–Kier alpha value is -2.71. The van der Waals surface area contributed by atoms with Crippen LogP contribution in [0.15, 0.2) is 53.7 Å². The number of rotatable bonds is 7.